The van der Waals surface area contributed by atoms with Gasteiger partial charge in [0.1, 0.15) is 5.75 Å². The maximum absolute atomic E-state index is 11.3. The Balaban J connectivity index is 2.65. The molecule has 0 saturated heterocycles. The molecule has 0 saturated carbocycles. The molecule has 0 fully saturated rings. The van der Waals surface area contributed by atoms with Gasteiger partial charge in [-0.3, -0.25) is 4.79 Å². The first-order valence-corrected chi connectivity index (χ1v) is 5.64. The van der Waals surface area contributed by atoms with Crippen molar-refractivity contribution < 1.29 is 9.53 Å². The highest BCUT2D eigenvalue weighted by atomic mass is 35.5. The molecule has 1 aromatic rings. The van der Waals surface area contributed by atoms with Crippen molar-refractivity contribution in [2.75, 3.05) is 7.11 Å². The summed E-state index contributed by atoms with van der Waals surface area (Å²) in [6.07, 6.45) is 1.39. The van der Waals surface area contributed by atoms with Crippen LogP contribution in [0.15, 0.2) is 18.2 Å². The van der Waals surface area contributed by atoms with Gasteiger partial charge in [0.2, 0.25) is 5.91 Å². The van der Waals surface area contributed by atoms with Crippen molar-refractivity contribution in [1.82, 2.24) is 5.32 Å². The van der Waals surface area contributed by atoms with E-state index < -0.39 is 0 Å². The second-order valence-electron chi connectivity index (χ2n) is 3.48. The molecule has 88 valence electrons. The van der Waals surface area contributed by atoms with Crippen LogP contribution in [0.2, 0.25) is 5.02 Å². The van der Waals surface area contributed by atoms with Gasteiger partial charge in [-0.15, -0.1) is 0 Å². The minimum Gasteiger partial charge on any atom is -0.496 e. The topological polar surface area (TPSA) is 38.3 Å². The van der Waals surface area contributed by atoms with Crippen LogP contribution >= 0.6 is 11.6 Å². The lowest BCUT2D eigenvalue weighted by molar-refractivity contribution is -0.121. The predicted octanol–water partition coefficient (Wildman–Crippen LogP) is 2.76. The molecule has 0 bridgehead atoms. The summed E-state index contributed by atoms with van der Waals surface area (Å²) < 4.78 is 5.18. The molecule has 0 spiro atoms. The summed E-state index contributed by atoms with van der Waals surface area (Å²) in [5, 5.41) is 3.46. The third-order valence-corrected chi connectivity index (χ3v) is 2.43. The number of carbonyl (C=O) groups excluding carboxylic acids is 1. The van der Waals surface area contributed by atoms with E-state index >= 15 is 0 Å². The SMILES string of the molecule is CCCC(=O)NCc1cc(Cl)ccc1OC. The van der Waals surface area contributed by atoms with Crippen LogP contribution in [0.4, 0.5) is 0 Å². The predicted molar refractivity (Wildman–Crippen MR) is 64.8 cm³/mol. The van der Waals surface area contributed by atoms with Gasteiger partial charge in [0.25, 0.3) is 0 Å². The summed E-state index contributed by atoms with van der Waals surface area (Å²) in [6, 6.07) is 5.36. The minimum absolute atomic E-state index is 0.0459. The van der Waals surface area contributed by atoms with E-state index in [1.165, 1.54) is 0 Å². The molecule has 0 aliphatic carbocycles. The van der Waals surface area contributed by atoms with E-state index in [9.17, 15) is 4.79 Å². The van der Waals surface area contributed by atoms with Gasteiger partial charge in [-0.1, -0.05) is 18.5 Å². The molecule has 1 aromatic carbocycles. The quantitative estimate of drug-likeness (QED) is 0.861. The third-order valence-electron chi connectivity index (χ3n) is 2.20. The van der Waals surface area contributed by atoms with E-state index in [-0.39, 0.29) is 5.91 Å². The monoisotopic (exact) mass is 241 g/mol. The Hall–Kier alpha value is -1.22. The number of carbonyl (C=O) groups is 1. The van der Waals surface area contributed by atoms with Gasteiger partial charge >= 0.3 is 0 Å². The van der Waals surface area contributed by atoms with E-state index in [0.717, 1.165) is 17.7 Å². The average molecular weight is 242 g/mol. The standard InChI is InChI=1S/C12H16ClNO2/c1-3-4-12(15)14-8-9-7-10(13)5-6-11(9)16-2/h5-7H,3-4,8H2,1-2H3,(H,14,15). The van der Waals surface area contributed by atoms with E-state index in [1.807, 2.05) is 6.92 Å². The Kier molecular flexibility index (Phi) is 5.12. The van der Waals surface area contributed by atoms with E-state index in [4.69, 9.17) is 16.3 Å². The number of ether oxygens (including phenoxy) is 1. The molecule has 0 aromatic heterocycles. The smallest absolute Gasteiger partial charge is 0.220 e. The summed E-state index contributed by atoms with van der Waals surface area (Å²) in [5.74, 6) is 0.783. The zero-order valence-electron chi connectivity index (χ0n) is 9.55. The molecule has 0 heterocycles. The molecule has 0 aliphatic heterocycles. The highest BCUT2D eigenvalue weighted by Gasteiger charge is 2.05. The maximum Gasteiger partial charge on any atom is 0.220 e. The molecule has 0 atom stereocenters. The first-order chi connectivity index (χ1) is 7.67. The fourth-order valence-electron chi connectivity index (χ4n) is 1.39. The normalized spacial score (nSPS) is 9.94. The van der Waals surface area contributed by atoms with Crippen LogP contribution in [-0.4, -0.2) is 13.0 Å². The molecule has 0 aliphatic rings. The van der Waals surface area contributed by atoms with Crippen molar-refractivity contribution in [2.24, 2.45) is 0 Å². The van der Waals surface area contributed by atoms with Gasteiger partial charge in [0.15, 0.2) is 0 Å². The van der Waals surface area contributed by atoms with Gasteiger partial charge in [-0.05, 0) is 24.6 Å². The van der Waals surface area contributed by atoms with Crippen molar-refractivity contribution in [3.63, 3.8) is 0 Å². The van der Waals surface area contributed by atoms with Gasteiger partial charge < -0.3 is 10.1 Å². The average Bonchev–Trinajstić information content (AvgIpc) is 2.27. The number of methoxy groups -OCH3 is 1. The molecule has 1 N–H and O–H groups in total. The molecule has 0 radical (unpaired) electrons. The van der Waals surface area contributed by atoms with Crippen molar-refractivity contribution in [1.29, 1.82) is 0 Å². The number of nitrogens with one attached hydrogen (secondary N) is 1. The van der Waals surface area contributed by atoms with Crippen LogP contribution < -0.4 is 10.1 Å². The molecule has 16 heavy (non-hydrogen) atoms. The van der Waals surface area contributed by atoms with Gasteiger partial charge in [0.05, 0.1) is 7.11 Å². The fourth-order valence-corrected chi connectivity index (χ4v) is 1.59. The van der Waals surface area contributed by atoms with Crippen LogP contribution in [0.25, 0.3) is 0 Å². The third kappa shape index (κ3) is 3.74. The zero-order valence-corrected chi connectivity index (χ0v) is 10.3. The van der Waals surface area contributed by atoms with E-state index in [1.54, 1.807) is 25.3 Å². The molecular weight excluding hydrogens is 226 g/mol. The Morgan fingerprint density at radius 3 is 2.88 bits per heavy atom. The molecule has 1 rings (SSSR count). The number of amides is 1. The summed E-state index contributed by atoms with van der Waals surface area (Å²) in [6.45, 7) is 2.42. The number of hydrogen-bond acceptors (Lipinski definition) is 2. The zero-order chi connectivity index (χ0) is 12.0. The number of rotatable bonds is 5. The number of hydrogen-bond donors (Lipinski definition) is 1. The summed E-state index contributed by atoms with van der Waals surface area (Å²) in [4.78, 5) is 11.3. The summed E-state index contributed by atoms with van der Waals surface area (Å²) >= 11 is 5.88. The largest absolute Gasteiger partial charge is 0.496 e. The first-order valence-electron chi connectivity index (χ1n) is 5.26. The second kappa shape index (κ2) is 6.38. The van der Waals surface area contributed by atoms with Crippen LogP contribution in [0.5, 0.6) is 5.75 Å². The van der Waals surface area contributed by atoms with Crippen molar-refractivity contribution in [3.05, 3.63) is 28.8 Å². The molecular formula is C12H16ClNO2. The lowest BCUT2D eigenvalue weighted by atomic mass is 10.2. The fraction of sp³-hybridized carbons (Fsp3) is 0.417. The Morgan fingerprint density at radius 1 is 1.50 bits per heavy atom. The van der Waals surface area contributed by atoms with E-state index in [0.29, 0.717) is 18.0 Å². The first kappa shape index (κ1) is 12.8. The molecule has 0 unspecified atom stereocenters. The van der Waals surface area contributed by atoms with Gasteiger partial charge in [0, 0.05) is 23.6 Å². The second-order valence-corrected chi connectivity index (χ2v) is 3.92. The van der Waals surface area contributed by atoms with Gasteiger partial charge in [-0.25, -0.2) is 0 Å². The lowest BCUT2D eigenvalue weighted by Gasteiger charge is -2.09. The Bertz CT molecular complexity index is 366. The number of benzene rings is 1. The minimum atomic E-state index is 0.0459. The summed E-state index contributed by atoms with van der Waals surface area (Å²) in [5.41, 5.74) is 0.888. The highest BCUT2D eigenvalue weighted by Crippen LogP contribution is 2.22. The Morgan fingerprint density at radius 2 is 2.25 bits per heavy atom. The van der Waals surface area contributed by atoms with Crippen LogP contribution in [0.3, 0.4) is 0 Å². The number of halogens is 1. The van der Waals surface area contributed by atoms with Gasteiger partial charge in [-0.2, -0.15) is 0 Å². The Labute approximate surface area is 101 Å². The molecule has 4 heteroatoms. The lowest BCUT2D eigenvalue weighted by Crippen LogP contribution is -2.22. The summed E-state index contributed by atoms with van der Waals surface area (Å²) in [7, 11) is 1.60. The van der Waals surface area contributed by atoms with Crippen LogP contribution in [0.1, 0.15) is 25.3 Å². The highest BCUT2D eigenvalue weighted by molar-refractivity contribution is 6.30. The van der Waals surface area contributed by atoms with Crippen LogP contribution in [0, 0.1) is 0 Å². The van der Waals surface area contributed by atoms with Crippen LogP contribution in [-0.2, 0) is 11.3 Å². The van der Waals surface area contributed by atoms with Crippen molar-refractivity contribution in [3.8, 4) is 5.75 Å². The van der Waals surface area contributed by atoms with E-state index in [2.05, 4.69) is 5.32 Å². The molecule has 1 amide bonds. The maximum atomic E-state index is 11.3. The van der Waals surface area contributed by atoms with Crippen molar-refractivity contribution >= 4 is 17.5 Å². The van der Waals surface area contributed by atoms with Crippen molar-refractivity contribution in [2.45, 2.75) is 26.3 Å². The molecule has 3 nitrogen and oxygen atoms in total.